The Morgan fingerprint density at radius 1 is 1.21 bits per heavy atom. The van der Waals surface area contributed by atoms with Crippen LogP contribution < -0.4 is 4.74 Å². The molecule has 3 aromatic heterocycles. The zero-order valence-electron chi connectivity index (χ0n) is 12.8. The highest BCUT2D eigenvalue weighted by atomic mass is 32.1. The van der Waals surface area contributed by atoms with E-state index in [1.807, 2.05) is 35.0 Å². The minimum Gasteiger partial charge on any atom is -0.491 e. The van der Waals surface area contributed by atoms with Gasteiger partial charge in [0.15, 0.2) is 5.65 Å². The second-order valence-electron chi connectivity index (χ2n) is 5.30. The van der Waals surface area contributed by atoms with Gasteiger partial charge in [0.1, 0.15) is 23.7 Å². The molecule has 2 N–H and O–H groups in total. The summed E-state index contributed by atoms with van der Waals surface area (Å²) in [7, 11) is 0. The minimum atomic E-state index is 0.00602. The Hall–Kier alpha value is -2.64. The van der Waals surface area contributed by atoms with Crippen LogP contribution in [-0.2, 0) is 6.54 Å². The van der Waals surface area contributed by atoms with Crippen LogP contribution in [0.4, 0.5) is 0 Å². The summed E-state index contributed by atoms with van der Waals surface area (Å²) in [6, 6.07) is 11.8. The Balaban J connectivity index is 1.59. The first-order chi connectivity index (χ1) is 11.8. The third kappa shape index (κ3) is 2.91. The maximum absolute atomic E-state index is 8.79. The Bertz CT molecular complexity index is 925. The highest BCUT2D eigenvalue weighted by molar-refractivity contribution is 7.09. The lowest BCUT2D eigenvalue weighted by atomic mass is 10.2. The number of benzene rings is 1. The quantitative estimate of drug-likeness (QED) is 0.566. The standard InChI is InChI=1S/C17H16N4O2S/c22-7-8-23-13-5-3-12(4-6-13)16-19-15-10-18-21(17(15)20-16)11-14-2-1-9-24-14/h1-6,9-10,22H,7-8,11H2,(H,19,20). The van der Waals surface area contributed by atoms with Crippen LogP contribution >= 0.6 is 11.3 Å². The molecule has 0 unspecified atom stereocenters. The van der Waals surface area contributed by atoms with Crippen molar-refractivity contribution >= 4 is 22.5 Å². The zero-order chi connectivity index (χ0) is 16.4. The lowest BCUT2D eigenvalue weighted by Gasteiger charge is -2.04. The van der Waals surface area contributed by atoms with Crippen LogP contribution in [0.2, 0.25) is 0 Å². The first-order valence-electron chi connectivity index (χ1n) is 7.61. The number of aromatic amines is 1. The lowest BCUT2D eigenvalue weighted by molar-refractivity contribution is 0.201. The molecule has 0 fully saturated rings. The normalized spacial score (nSPS) is 11.2. The highest BCUT2D eigenvalue weighted by Crippen LogP contribution is 2.23. The molecule has 7 heteroatoms. The molecule has 24 heavy (non-hydrogen) atoms. The number of H-pyrrole nitrogens is 1. The zero-order valence-corrected chi connectivity index (χ0v) is 13.7. The molecule has 0 atom stereocenters. The van der Waals surface area contributed by atoms with E-state index in [0.29, 0.717) is 6.61 Å². The van der Waals surface area contributed by atoms with Crippen LogP contribution in [0.25, 0.3) is 22.6 Å². The van der Waals surface area contributed by atoms with Crippen molar-refractivity contribution in [1.29, 1.82) is 0 Å². The summed E-state index contributed by atoms with van der Waals surface area (Å²) < 4.78 is 7.28. The van der Waals surface area contributed by atoms with E-state index in [1.54, 1.807) is 17.5 Å². The molecule has 0 aliphatic carbocycles. The Labute approximate surface area is 142 Å². The van der Waals surface area contributed by atoms with Crippen LogP contribution in [0.15, 0.2) is 48.0 Å². The summed E-state index contributed by atoms with van der Waals surface area (Å²) in [5.74, 6) is 1.53. The molecule has 0 amide bonds. The van der Waals surface area contributed by atoms with E-state index in [9.17, 15) is 0 Å². The van der Waals surface area contributed by atoms with Crippen molar-refractivity contribution in [2.75, 3.05) is 13.2 Å². The van der Waals surface area contributed by atoms with Gasteiger partial charge in [-0.2, -0.15) is 5.10 Å². The number of nitrogens with one attached hydrogen (secondary N) is 1. The number of thiophene rings is 1. The third-order valence-corrected chi connectivity index (χ3v) is 4.52. The van der Waals surface area contributed by atoms with Crippen molar-refractivity contribution in [3.63, 3.8) is 0 Å². The van der Waals surface area contributed by atoms with E-state index in [1.165, 1.54) is 4.88 Å². The van der Waals surface area contributed by atoms with E-state index in [-0.39, 0.29) is 6.61 Å². The number of aliphatic hydroxyl groups is 1. The number of fused-ring (bicyclic) bond motifs is 1. The monoisotopic (exact) mass is 340 g/mol. The summed E-state index contributed by atoms with van der Waals surface area (Å²) in [5.41, 5.74) is 2.74. The van der Waals surface area contributed by atoms with Crippen molar-refractivity contribution in [3.8, 4) is 17.1 Å². The molecule has 0 aliphatic rings. The van der Waals surface area contributed by atoms with Gasteiger partial charge in [-0.3, -0.25) is 0 Å². The number of rotatable bonds is 6. The van der Waals surface area contributed by atoms with Gasteiger partial charge in [0.2, 0.25) is 0 Å². The molecule has 0 spiro atoms. The van der Waals surface area contributed by atoms with Gasteiger partial charge < -0.3 is 14.8 Å². The Morgan fingerprint density at radius 2 is 2.08 bits per heavy atom. The Kier molecular flexibility index (Phi) is 4.02. The van der Waals surface area contributed by atoms with Crippen LogP contribution in [-0.4, -0.2) is 38.1 Å². The summed E-state index contributed by atoms with van der Waals surface area (Å²) in [5, 5.41) is 15.2. The minimum absolute atomic E-state index is 0.00602. The number of aromatic nitrogens is 4. The molecule has 0 aliphatic heterocycles. The smallest absolute Gasteiger partial charge is 0.177 e. The number of hydrogen-bond acceptors (Lipinski definition) is 5. The SMILES string of the molecule is OCCOc1ccc(-c2nc3c(cnn3Cc3cccs3)[nH]2)cc1. The second kappa shape index (κ2) is 6.46. The molecular formula is C17H16N4O2S. The fraction of sp³-hybridized carbons (Fsp3) is 0.176. The van der Waals surface area contributed by atoms with E-state index < -0.39 is 0 Å². The van der Waals surface area contributed by atoms with Crippen molar-refractivity contribution in [3.05, 3.63) is 52.9 Å². The fourth-order valence-corrected chi connectivity index (χ4v) is 3.21. The summed E-state index contributed by atoms with van der Waals surface area (Å²) in [6.45, 7) is 1.02. The van der Waals surface area contributed by atoms with Gasteiger partial charge in [0.05, 0.1) is 19.3 Å². The first-order valence-corrected chi connectivity index (χ1v) is 8.49. The maximum Gasteiger partial charge on any atom is 0.177 e. The third-order valence-electron chi connectivity index (χ3n) is 3.66. The predicted molar refractivity (Wildman–Crippen MR) is 93.3 cm³/mol. The van der Waals surface area contributed by atoms with Gasteiger partial charge in [-0.25, -0.2) is 9.67 Å². The molecule has 3 heterocycles. The number of ether oxygens (including phenoxy) is 1. The van der Waals surface area contributed by atoms with E-state index in [2.05, 4.69) is 26.5 Å². The average Bonchev–Trinajstić information content (AvgIpc) is 3.32. The molecule has 0 radical (unpaired) electrons. The molecule has 0 saturated heterocycles. The van der Waals surface area contributed by atoms with Crippen molar-refractivity contribution in [2.24, 2.45) is 0 Å². The average molecular weight is 340 g/mol. The largest absolute Gasteiger partial charge is 0.491 e. The predicted octanol–water partition coefficient (Wildman–Crippen LogP) is 2.91. The molecule has 0 bridgehead atoms. The van der Waals surface area contributed by atoms with E-state index in [0.717, 1.165) is 34.8 Å². The molecule has 4 aromatic rings. The highest BCUT2D eigenvalue weighted by Gasteiger charge is 2.11. The van der Waals surface area contributed by atoms with Crippen molar-refractivity contribution < 1.29 is 9.84 Å². The van der Waals surface area contributed by atoms with Crippen LogP contribution in [0.3, 0.4) is 0 Å². The Morgan fingerprint density at radius 3 is 2.83 bits per heavy atom. The number of nitrogens with zero attached hydrogens (tertiary/aromatic N) is 3. The molecule has 0 saturated carbocycles. The number of hydrogen-bond donors (Lipinski definition) is 2. The van der Waals surface area contributed by atoms with Crippen LogP contribution in [0, 0.1) is 0 Å². The maximum atomic E-state index is 8.79. The number of aliphatic hydroxyl groups excluding tert-OH is 1. The van der Waals surface area contributed by atoms with Gasteiger partial charge in [0, 0.05) is 10.4 Å². The van der Waals surface area contributed by atoms with Gasteiger partial charge in [-0.05, 0) is 35.7 Å². The van der Waals surface area contributed by atoms with Crippen molar-refractivity contribution in [1.82, 2.24) is 19.7 Å². The topological polar surface area (TPSA) is 76.0 Å². The van der Waals surface area contributed by atoms with Crippen LogP contribution in [0.5, 0.6) is 5.75 Å². The summed E-state index contributed by atoms with van der Waals surface area (Å²) >= 11 is 1.71. The molecule has 6 nitrogen and oxygen atoms in total. The van der Waals surface area contributed by atoms with E-state index >= 15 is 0 Å². The van der Waals surface area contributed by atoms with Crippen LogP contribution in [0.1, 0.15) is 4.88 Å². The molecule has 4 rings (SSSR count). The lowest BCUT2D eigenvalue weighted by Crippen LogP contribution is -2.01. The summed E-state index contributed by atoms with van der Waals surface area (Å²) in [6.07, 6.45) is 1.80. The van der Waals surface area contributed by atoms with E-state index in [4.69, 9.17) is 9.84 Å². The molecule has 1 aromatic carbocycles. The molecular weight excluding hydrogens is 324 g/mol. The van der Waals surface area contributed by atoms with Crippen molar-refractivity contribution in [2.45, 2.75) is 6.54 Å². The van der Waals surface area contributed by atoms with Gasteiger partial charge >= 0.3 is 0 Å². The second-order valence-corrected chi connectivity index (χ2v) is 6.33. The van der Waals surface area contributed by atoms with Gasteiger partial charge in [-0.1, -0.05) is 6.07 Å². The number of imidazole rings is 1. The fourth-order valence-electron chi connectivity index (χ4n) is 2.52. The van der Waals surface area contributed by atoms with Gasteiger partial charge in [-0.15, -0.1) is 11.3 Å². The first kappa shape index (κ1) is 14.9. The molecule has 122 valence electrons. The van der Waals surface area contributed by atoms with Gasteiger partial charge in [0.25, 0.3) is 0 Å². The summed E-state index contributed by atoms with van der Waals surface area (Å²) in [4.78, 5) is 9.23.